The van der Waals surface area contributed by atoms with E-state index in [0.717, 1.165) is 25.2 Å². The first-order chi connectivity index (χ1) is 12.5. The average molecular weight is 359 g/mol. The molecule has 146 valence electrons. The second kappa shape index (κ2) is 8.86. The number of hydrogen-bond donors (Lipinski definition) is 2. The lowest BCUT2D eigenvalue weighted by atomic mass is 9.79. The third-order valence-corrected chi connectivity index (χ3v) is 6.71. The molecule has 26 heavy (non-hydrogen) atoms. The largest absolute Gasteiger partial charge is 0.394 e. The highest BCUT2D eigenvalue weighted by atomic mass is 16.3. The van der Waals surface area contributed by atoms with Gasteiger partial charge < -0.3 is 15.7 Å². The van der Waals surface area contributed by atoms with Crippen LogP contribution in [0, 0.1) is 5.92 Å². The van der Waals surface area contributed by atoms with E-state index in [1.165, 1.54) is 57.1 Å². The highest BCUT2D eigenvalue weighted by Gasteiger charge is 2.36. The molecule has 1 saturated carbocycles. The summed E-state index contributed by atoms with van der Waals surface area (Å²) in [5, 5.41) is 9.52. The number of unbranched alkanes of at least 4 members (excludes halogenated alkanes) is 2. The monoisotopic (exact) mass is 358 g/mol. The fourth-order valence-corrected chi connectivity index (χ4v) is 4.97. The molecule has 0 bridgehead atoms. The van der Waals surface area contributed by atoms with Crippen LogP contribution in [0.3, 0.4) is 0 Å². The summed E-state index contributed by atoms with van der Waals surface area (Å²) in [7, 11) is 4.32. The molecule has 0 unspecified atom stereocenters. The molecular formula is C23H38N2O. The Morgan fingerprint density at radius 3 is 2.73 bits per heavy atom. The second-order valence-corrected chi connectivity index (χ2v) is 9.25. The van der Waals surface area contributed by atoms with Gasteiger partial charge in [0.2, 0.25) is 0 Å². The maximum absolute atomic E-state index is 9.52. The fourth-order valence-electron chi connectivity index (χ4n) is 4.97. The van der Waals surface area contributed by atoms with E-state index in [9.17, 15) is 5.11 Å². The third kappa shape index (κ3) is 5.09. The zero-order chi connectivity index (χ0) is 18.6. The molecule has 0 amide bonds. The first kappa shape index (κ1) is 19.9. The van der Waals surface area contributed by atoms with Crippen molar-refractivity contribution in [2.24, 2.45) is 11.7 Å². The normalized spacial score (nSPS) is 28.5. The van der Waals surface area contributed by atoms with Gasteiger partial charge in [-0.3, -0.25) is 0 Å². The quantitative estimate of drug-likeness (QED) is 0.694. The van der Waals surface area contributed by atoms with Crippen LogP contribution >= 0.6 is 0 Å². The van der Waals surface area contributed by atoms with Crippen molar-refractivity contribution in [2.45, 2.75) is 75.7 Å². The van der Waals surface area contributed by atoms with Crippen LogP contribution in [0.25, 0.3) is 0 Å². The van der Waals surface area contributed by atoms with Gasteiger partial charge in [-0.05, 0) is 94.1 Å². The molecule has 1 aromatic rings. The smallest absolute Gasteiger partial charge is 0.0611 e. The van der Waals surface area contributed by atoms with E-state index in [4.69, 9.17) is 5.73 Å². The molecule has 2 aliphatic carbocycles. The van der Waals surface area contributed by atoms with Gasteiger partial charge in [0.1, 0.15) is 0 Å². The molecule has 3 atom stereocenters. The van der Waals surface area contributed by atoms with Crippen LogP contribution in [0.5, 0.6) is 0 Å². The first-order valence-corrected chi connectivity index (χ1v) is 10.7. The minimum Gasteiger partial charge on any atom is -0.394 e. The number of aliphatic hydroxyl groups is 1. The van der Waals surface area contributed by atoms with E-state index < -0.39 is 0 Å². The number of aliphatic hydroxyl groups excluding tert-OH is 1. The minimum atomic E-state index is -0.349. The van der Waals surface area contributed by atoms with Gasteiger partial charge in [-0.2, -0.15) is 0 Å². The summed E-state index contributed by atoms with van der Waals surface area (Å²) in [5.41, 5.74) is 10.5. The number of fused-ring (bicyclic) bond motifs is 1. The van der Waals surface area contributed by atoms with Crippen molar-refractivity contribution in [2.75, 3.05) is 27.2 Å². The zero-order valence-corrected chi connectivity index (χ0v) is 16.8. The maximum Gasteiger partial charge on any atom is 0.0611 e. The molecule has 0 heterocycles. The Hall–Kier alpha value is -0.900. The number of rotatable bonds is 8. The predicted octanol–water partition coefficient (Wildman–Crippen LogP) is 3.87. The van der Waals surface area contributed by atoms with Gasteiger partial charge in [-0.15, -0.1) is 0 Å². The Labute approximate surface area is 160 Å². The van der Waals surface area contributed by atoms with Crippen LogP contribution in [0.15, 0.2) is 18.2 Å². The molecule has 3 heteroatoms. The molecule has 0 aromatic heterocycles. The molecule has 1 fully saturated rings. The molecule has 0 saturated heterocycles. The molecule has 3 nitrogen and oxygen atoms in total. The number of aryl methyl sites for hydroxylation is 1. The predicted molar refractivity (Wildman–Crippen MR) is 110 cm³/mol. The zero-order valence-electron chi connectivity index (χ0n) is 16.8. The lowest BCUT2D eigenvalue weighted by Gasteiger charge is -2.26. The summed E-state index contributed by atoms with van der Waals surface area (Å²) < 4.78 is 0. The van der Waals surface area contributed by atoms with Crippen LogP contribution < -0.4 is 5.73 Å². The highest BCUT2D eigenvalue weighted by Crippen LogP contribution is 2.40. The SMILES string of the molecule is CN(C)CCCCC[C@@H]1CCc2cc([C@H]3CC[C@](N)(CO)C3)ccc2C1. The number of benzene rings is 1. The van der Waals surface area contributed by atoms with Crippen molar-refractivity contribution in [3.8, 4) is 0 Å². The maximum atomic E-state index is 9.52. The number of nitrogens with two attached hydrogens (primary N) is 1. The summed E-state index contributed by atoms with van der Waals surface area (Å²) >= 11 is 0. The third-order valence-electron chi connectivity index (χ3n) is 6.71. The van der Waals surface area contributed by atoms with Crippen molar-refractivity contribution in [1.82, 2.24) is 4.90 Å². The van der Waals surface area contributed by atoms with Crippen molar-refractivity contribution < 1.29 is 5.11 Å². The molecule has 0 aliphatic heterocycles. The Kier molecular flexibility index (Phi) is 6.76. The lowest BCUT2D eigenvalue weighted by molar-refractivity contribution is 0.198. The summed E-state index contributed by atoms with van der Waals surface area (Å²) in [6, 6.07) is 7.18. The van der Waals surface area contributed by atoms with Crippen LogP contribution in [0.2, 0.25) is 0 Å². The fraction of sp³-hybridized carbons (Fsp3) is 0.739. The molecule has 0 radical (unpaired) electrons. The van der Waals surface area contributed by atoms with Crippen LogP contribution in [-0.4, -0.2) is 42.8 Å². The van der Waals surface area contributed by atoms with Crippen LogP contribution in [0.1, 0.15) is 74.0 Å². The second-order valence-electron chi connectivity index (χ2n) is 9.25. The van der Waals surface area contributed by atoms with Gasteiger partial charge in [0.05, 0.1) is 6.61 Å². The van der Waals surface area contributed by atoms with Gasteiger partial charge in [0, 0.05) is 5.54 Å². The average Bonchev–Trinajstić information content (AvgIpc) is 3.04. The van der Waals surface area contributed by atoms with Crippen molar-refractivity contribution in [1.29, 1.82) is 0 Å². The molecule has 3 N–H and O–H groups in total. The minimum absolute atomic E-state index is 0.116. The number of hydrogen-bond acceptors (Lipinski definition) is 3. The van der Waals surface area contributed by atoms with E-state index in [0.29, 0.717) is 5.92 Å². The van der Waals surface area contributed by atoms with Gasteiger partial charge in [0.15, 0.2) is 0 Å². The highest BCUT2D eigenvalue weighted by molar-refractivity contribution is 5.36. The van der Waals surface area contributed by atoms with Crippen molar-refractivity contribution >= 4 is 0 Å². The Morgan fingerprint density at radius 1 is 1.15 bits per heavy atom. The Bertz CT molecular complexity index is 586. The lowest BCUT2D eigenvalue weighted by Crippen LogP contribution is -2.40. The number of nitrogens with zero attached hydrogens (tertiary/aromatic N) is 1. The molecular weight excluding hydrogens is 320 g/mol. The van der Waals surface area contributed by atoms with Crippen LogP contribution in [0.4, 0.5) is 0 Å². The molecule has 3 rings (SSSR count). The standard InChI is InChI=1S/C23H38N2O/c1-25(2)13-5-3-4-6-18-7-8-20-15-21(10-9-19(20)14-18)22-11-12-23(24,16-22)17-26/h9-10,15,18,22,26H,3-8,11-14,16-17,24H2,1-2H3/t18-,22+,23-/m1/s1. The molecule has 2 aliphatic rings. The van der Waals surface area contributed by atoms with E-state index in [1.54, 1.807) is 11.1 Å². The van der Waals surface area contributed by atoms with E-state index >= 15 is 0 Å². The van der Waals surface area contributed by atoms with E-state index in [2.05, 4.69) is 37.2 Å². The van der Waals surface area contributed by atoms with Gasteiger partial charge in [-0.25, -0.2) is 0 Å². The summed E-state index contributed by atoms with van der Waals surface area (Å²) in [6.07, 6.45) is 12.3. The van der Waals surface area contributed by atoms with Crippen molar-refractivity contribution in [3.05, 3.63) is 34.9 Å². The Balaban J connectivity index is 1.50. The van der Waals surface area contributed by atoms with E-state index in [-0.39, 0.29) is 12.1 Å². The van der Waals surface area contributed by atoms with Gasteiger partial charge in [-0.1, -0.05) is 37.5 Å². The molecule has 1 aromatic carbocycles. The first-order valence-electron chi connectivity index (χ1n) is 10.7. The van der Waals surface area contributed by atoms with Gasteiger partial charge in [0.25, 0.3) is 0 Å². The summed E-state index contributed by atoms with van der Waals surface area (Å²) in [6.45, 7) is 1.34. The van der Waals surface area contributed by atoms with E-state index in [1.807, 2.05) is 0 Å². The van der Waals surface area contributed by atoms with Crippen molar-refractivity contribution in [3.63, 3.8) is 0 Å². The Morgan fingerprint density at radius 2 is 2.00 bits per heavy atom. The van der Waals surface area contributed by atoms with Gasteiger partial charge >= 0.3 is 0 Å². The van der Waals surface area contributed by atoms with Crippen LogP contribution in [-0.2, 0) is 12.8 Å². The molecule has 0 spiro atoms. The summed E-state index contributed by atoms with van der Waals surface area (Å²) in [5.74, 6) is 1.41. The summed E-state index contributed by atoms with van der Waals surface area (Å²) in [4.78, 5) is 2.29. The topological polar surface area (TPSA) is 49.5 Å².